The number of amides is 1. The second-order valence-electron chi connectivity index (χ2n) is 5.76. The smallest absolute Gasteiger partial charge is 0.433 e. The molecule has 3 rings (SSSR count). The van der Waals surface area contributed by atoms with Crippen LogP contribution in [0.1, 0.15) is 12.6 Å². The first kappa shape index (κ1) is 19.8. The third kappa shape index (κ3) is 4.30. The lowest BCUT2D eigenvalue weighted by Gasteiger charge is -2.11. The van der Waals surface area contributed by atoms with Crippen LogP contribution in [0.15, 0.2) is 35.6 Å². The van der Waals surface area contributed by atoms with Crippen LogP contribution in [0.2, 0.25) is 0 Å². The number of alkyl halides is 3. The molecule has 1 aromatic carbocycles. The summed E-state index contributed by atoms with van der Waals surface area (Å²) in [5.74, 6) is -0.218. The fourth-order valence-electron chi connectivity index (χ4n) is 2.33. The average molecular weight is 412 g/mol. The molecule has 3 N–H and O–H groups in total. The number of pyridine rings is 1. The van der Waals surface area contributed by atoms with Crippen LogP contribution in [-0.4, -0.2) is 38.3 Å². The molecule has 2 heterocycles. The fourth-order valence-corrected chi connectivity index (χ4v) is 3.15. The molecule has 0 fully saturated rings. The van der Waals surface area contributed by atoms with Gasteiger partial charge in [0, 0.05) is 11.8 Å². The zero-order valence-corrected chi connectivity index (χ0v) is 15.5. The van der Waals surface area contributed by atoms with Crippen molar-refractivity contribution in [2.45, 2.75) is 23.5 Å². The largest absolute Gasteiger partial charge is 0.504 e. The maximum atomic E-state index is 12.7. The van der Waals surface area contributed by atoms with E-state index in [4.69, 9.17) is 4.74 Å². The lowest BCUT2D eigenvalue weighted by atomic mass is 10.2. The van der Waals surface area contributed by atoms with Crippen LogP contribution < -0.4 is 10.1 Å². The molecule has 3 aromatic rings. The summed E-state index contributed by atoms with van der Waals surface area (Å²) in [7, 11) is 1.41. The van der Waals surface area contributed by atoms with E-state index < -0.39 is 17.1 Å². The number of halogens is 3. The minimum atomic E-state index is -4.56. The Morgan fingerprint density at radius 3 is 2.75 bits per heavy atom. The average Bonchev–Trinajstić information content (AvgIpc) is 3.02. The van der Waals surface area contributed by atoms with Crippen LogP contribution in [0, 0.1) is 0 Å². The van der Waals surface area contributed by atoms with Gasteiger partial charge in [0.25, 0.3) is 0 Å². The highest BCUT2D eigenvalue weighted by Crippen LogP contribution is 2.31. The van der Waals surface area contributed by atoms with Crippen molar-refractivity contribution in [1.82, 2.24) is 15.0 Å². The van der Waals surface area contributed by atoms with Gasteiger partial charge in [0.1, 0.15) is 5.69 Å². The Morgan fingerprint density at radius 2 is 2.11 bits per heavy atom. The van der Waals surface area contributed by atoms with E-state index in [9.17, 15) is 23.1 Å². The van der Waals surface area contributed by atoms with Crippen molar-refractivity contribution in [2.75, 3.05) is 12.4 Å². The van der Waals surface area contributed by atoms with E-state index in [2.05, 4.69) is 20.3 Å². The number of H-pyrrole nitrogens is 1. The SMILES string of the molecule is COc1ccc(NC(=O)C(C)Sc2nc3cc(C(F)(F)F)ncc3[nH]2)cc1O. The summed E-state index contributed by atoms with van der Waals surface area (Å²) in [4.78, 5) is 22.6. The van der Waals surface area contributed by atoms with Gasteiger partial charge in [0.2, 0.25) is 5.91 Å². The van der Waals surface area contributed by atoms with Gasteiger partial charge in [-0.05, 0) is 25.1 Å². The highest BCUT2D eigenvalue weighted by Gasteiger charge is 2.33. The van der Waals surface area contributed by atoms with Gasteiger partial charge in [-0.2, -0.15) is 13.2 Å². The quantitative estimate of drug-likeness (QED) is 0.551. The van der Waals surface area contributed by atoms with Crippen LogP contribution in [0.5, 0.6) is 11.5 Å². The molecule has 0 aliphatic heterocycles. The Balaban J connectivity index is 1.70. The molecule has 11 heteroatoms. The van der Waals surface area contributed by atoms with Gasteiger partial charge in [-0.1, -0.05) is 11.8 Å². The number of fused-ring (bicyclic) bond motifs is 1. The molecule has 0 radical (unpaired) electrons. The Bertz CT molecular complexity index is 1020. The van der Waals surface area contributed by atoms with Crippen LogP contribution in [0.4, 0.5) is 18.9 Å². The third-order valence-electron chi connectivity index (χ3n) is 3.74. The molecule has 0 aliphatic carbocycles. The number of nitrogens with one attached hydrogen (secondary N) is 2. The number of benzene rings is 1. The van der Waals surface area contributed by atoms with E-state index in [-0.39, 0.29) is 28.1 Å². The van der Waals surface area contributed by atoms with E-state index in [1.807, 2.05) is 0 Å². The molecule has 7 nitrogen and oxygen atoms in total. The molecule has 1 atom stereocenters. The van der Waals surface area contributed by atoms with E-state index >= 15 is 0 Å². The normalized spacial score (nSPS) is 12.8. The Morgan fingerprint density at radius 1 is 1.36 bits per heavy atom. The van der Waals surface area contributed by atoms with Gasteiger partial charge in [-0.15, -0.1) is 0 Å². The molecule has 28 heavy (non-hydrogen) atoms. The molecular formula is C17H15F3N4O3S. The van der Waals surface area contributed by atoms with Crippen molar-refractivity contribution in [1.29, 1.82) is 0 Å². The van der Waals surface area contributed by atoms with Crippen molar-refractivity contribution in [3.8, 4) is 11.5 Å². The Kier molecular flexibility index (Phi) is 5.36. The summed E-state index contributed by atoms with van der Waals surface area (Å²) in [6.45, 7) is 1.62. The molecule has 148 valence electrons. The number of nitrogens with zero attached hydrogens (tertiary/aromatic N) is 2. The van der Waals surface area contributed by atoms with Crippen LogP contribution in [0.25, 0.3) is 11.0 Å². The standard InChI is InChI=1S/C17H15F3N4O3S/c1-8(15(26)22-9-3-4-13(27-2)12(25)5-9)28-16-23-10-6-14(17(18,19)20)21-7-11(10)24-16/h3-8,25H,1-2H3,(H,22,26)(H,23,24). The molecule has 1 amide bonds. The topological polar surface area (TPSA) is 100 Å². The van der Waals surface area contributed by atoms with Crippen molar-refractivity contribution in [2.24, 2.45) is 0 Å². The molecule has 0 aliphatic rings. The predicted octanol–water partition coefficient (Wildman–Crippen LogP) is 3.81. The number of phenolic OH excluding ortho intramolecular Hbond substituents is 1. The number of thioether (sulfide) groups is 1. The number of hydrogen-bond donors (Lipinski definition) is 3. The summed E-state index contributed by atoms with van der Waals surface area (Å²) < 4.78 is 43.1. The maximum absolute atomic E-state index is 12.7. The lowest BCUT2D eigenvalue weighted by molar-refractivity contribution is -0.141. The summed E-state index contributed by atoms with van der Waals surface area (Å²) >= 11 is 1.05. The number of aromatic amines is 1. The van der Waals surface area contributed by atoms with Gasteiger partial charge in [-0.3, -0.25) is 4.79 Å². The molecular weight excluding hydrogens is 397 g/mol. The zero-order valence-electron chi connectivity index (χ0n) is 14.7. The van der Waals surface area contributed by atoms with E-state index in [1.54, 1.807) is 13.0 Å². The number of phenols is 1. The zero-order chi connectivity index (χ0) is 20.5. The van der Waals surface area contributed by atoms with Gasteiger partial charge >= 0.3 is 6.18 Å². The number of aromatic nitrogens is 3. The molecule has 0 bridgehead atoms. The number of carbonyl (C=O) groups is 1. The van der Waals surface area contributed by atoms with E-state index in [0.717, 1.165) is 24.0 Å². The molecule has 0 spiro atoms. The summed E-state index contributed by atoms with van der Waals surface area (Å²) in [6, 6.07) is 5.27. The predicted molar refractivity (Wildman–Crippen MR) is 97.5 cm³/mol. The van der Waals surface area contributed by atoms with Crippen molar-refractivity contribution in [3.63, 3.8) is 0 Å². The van der Waals surface area contributed by atoms with Gasteiger partial charge in [-0.25, -0.2) is 9.97 Å². The number of imidazole rings is 1. The maximum Gasteiger partial charge on any atom is 0.433 e. The number of anilines is 1. The number of hydrogen-bond acceptors (Lipinski definition) is 6. The highest BCUT2D eigenvalue weighted by molar-refractivity contribution is 8.00. The second-order valence-corrected chi connectivity index (χ2v) is 7.09. The number of aromatic hydroxyl groups is 1. The van der Waals surface area contributed by atoms with Crippen LogP contribution >= 0.6 is 11.8 Å². The molecule has 2 aromatic heterocycles. The summed E-state index contributed by atoms with van der Waals surface area (Å²) in [5.41, 5.74) is -0.215. The lowest BCUT2D eigenvalue weighted by Crippen LogP contribution is -2.22. The number of methoxy groups -OCH3 is 1. The monoisotopic (exact) mass is 412 g/mol. The Hall–Kier alpha value is -2.95. The van der Waals surface area contributed by atoms with Gasteiger partial charge in [0.15, 0.2) is 16.7 Å². The van der Waals surface area contributed by atoms with E-state index in [0.29, 0.717) is 11.2 Å². The molecule has 0 saturated carbocycles. The number of carbonyl (C=O) groups excluding carboxylic acids is 1. The first-order valence-electron chi connectivity index (χ1n) is 7.95. The number of ether oxygens (including phenoxy) is 1. The minimum Gasteiger partial charge on any atom is -0.504 e. The second kappa shape index (κ2) is 7.58. The first-order valence-corrected chi connectivity index (χ1v) is 8.83. The van der Waals surface area contributed by atoms with Gasteiger partial charge < -0.3 is 20.1 Å². The fraction of sp³-hybridized carbons (Fsp3) is 0.235. The van der Waals surface area contributed by atoms with Crippen molar-refractivity contribution >= 4 is 34.4 Å². The van der Waals surface area contributed by atoms with Crippen LogP contribution in [0.3, 0.4) is 0 Å². The van der Waals surface area contributed by atoms with Gasteiger partial charge in [0.05, 0.1) is 29.6 Å². The van der Waals surface area contributed by atoms with Crippen molar-refractivity contribution < 1.29 is 27.8 Å². The summed E-state index contributed by atoms with van der Waals surface area (Å²) in [6.07, 6.45) is -3.50. The minimum absolute atomic E-state index is 0.109. The first-order chi connectivity index (χ1) is 13.2. The van der Waals surface area contributed by atoms with Crippen LogP contribution in [-0.2, 0) is 11.0 Å². The van der Waals surface area contributed by atoms with Crippen molar-refractivity contribution in [3.05, 3.63) is 36.2 Å². The highest BCUT2D eigenvalue weighted by atomic mass is 32.2. The summed E-state index contributed by atoms with van der Waals surface area (Å²) in [5, 5.41) is 12.1. The van der Waals surface area contributed by atoms with E-state index in [1.165, 1.54) is 19.2 Å². The third-order valence-corrected chi connectivity index (χ3v) is 4.72. The molecule has 1 unspecified atom stereocenters. The number of rotatable bonds is 5. The Labute approximate surface area is 161 Å². The molecule has 0 saturated heterocycles.